The minimum absolute atomic E-state index is 0.0175. The Labute approximate surface area is 161 Å². The second-order valence-corrected chi connectivity index (χ2v) is 7.12. The van der Waals surface area contributed by atoms with Gasteiger partial charge in [0, 0.05) is 51.8 Å². The molecule has 1 aliphatic heterocycles. The first-order valence-electron chi connectivity index (χ1n) is 9.38. The molecule has 1 heterocycles. The van der Waals surface area contributed by atoms with Gasteiger partial charge in [-0.15, -0.1) is 0 Å². The predicted octanol–water partition coefficient (Wildman–Crippen LogP) is 2.49. The van der Waals surface area contributed by atoms with Crippen LogP contribution in [-0.2, 0) is 11.3 Å². The van der Waals surface area contributed by atoms with E-state index >= 15 is 0 Å². The third-order valence-electron chi connectivity index (χ3n) is 4.92. The van der Waals surface area contributed by atoms with E-state index < -0.39 is 0 Å². The molecule has 3 amide bonds. The fourth-order valence-electron chi connectivity index (χ4n) is 3.37. The third-order valence-corrected chi connectivity index (χ3v) is 4.92. The molecule has 0 aromatic heterocycles. The van der Waals surface area contributed by atoms with Gasteiger partial charge in [-0.05, 0) is 37.3 Å². The Morgan fingerprint density at radius 1 is 1.26 bits per heavy atom. The van der Waals surface area contributed by atoms with Crippen LogP contribution in [0.5, 0.6) is 11.5 Å². The summed E-state index contributed by atoms with van der Waals surface area (Å²) in [5.41, 5.74) is 0.909. The quantitative estimate of drug-likeness (QED) is 0.793. The second kappa shape index (κ2) is 10.0. The van der Waals surface area contributed by atoms with Crippen molar-refractivity contribution in [3.8, 4) is 11.5 Å². The number of piperidine rings is 1. The highest BCUT2D eigenvalue weighted by atomic mass is 16.5. The number of ether oxygens (including phenoxy) is 2. The fraction of sp³-hybridized carbons (Fsp3) is 0.600. The van der Waals surface area contributed by atoms with Crippen LogP contribution in [0.4, 0.5) is 4.79 Å². The lowest BCUT2D eigenvalue weighted by molar-refractivity contribution is -0.121. The van der Waals surface area contributed by atoms with Crippen LogP contribution >= 0.6 is 0 Å². The first kappa shape index (κ1) is 20.9. The molecule has 2 rings (SSSR count). The van der Waals surface area contributed by atoms with Crippen molar-refractivity contribution in [3.05, 3.63) is 23.8 Å². The largest absolute Gasteiger partial charge is 0.497 e. The Morgan fingerprint density at radius 2 is 2.04 bits per heavy atom. The van der Waals surface area contributed by atoms with Gasteiger partial charge in [0.25, 0.3) is 0 Å². The fourth-order valence-corrected chi connectivity index (χ4v) is 3.37. The summed E-state index contributed by atoms with van der Waals surface area (Å²) in [6.07, 6.45) is 3.32. The van der Waals surface area contributed by atoms with Crippen LogP contribution in [0, 0.1) is 5.92 Å². The number of hydrogen-bond acceptors (Lipinski definition) is 4. The van der Waals surface area contributed by atoms with E-state index in [9.17, 15) is 9.59 Å². The number of nitrogens with zero attached hydrogens (tertiary/aromatic N) is 2. The van der Waals surface area contributed by atoms with Gasteiger partial charge in [-0.2, -0.15) is 0 Å². The van der Waals surface area contributed by atoms with Crippen molar-refractivity contribution < 1.29 is 19.1 Å². The number of nitrogens with one attached hydrogen (secondary N) is 1. The summed E-state index contributed by atoms with van der Waals surface area (Å²) in [5.74, 6) is 1.81. The highest BCUT2D eigenvalue weighted by molar-refractivity contribution is 5.76. The zero-order chi connectivity index (χ0) is 19.8. The summed E-state index contributed by atoms with van der Waals surface area (Å²) in [7, 11) is 6.75. The number of carbonyl (C=O) groups is 2. The van der Waals surface area contributed by atoms with E-state index in [1.165, 1.54) is 0 Å². The molecule has 0 spiro atoms. The molecular formula is C20H31N3O4. The van der Waals surface area contributed by atoms with Crippen molar-refractivity contribution in [3.63, 3.8) is 0 Å². The van der Waals surface area contributed by atoms with Crippen LogP contribution in [0.25, 0.3) is 0 Å². The highest BCUT2D eigenvalue weighted by Crippen LogP contribution is 2.25. The maximum atomic E-state index is 12.2. The Bertz CT molecular complexity index is 648. The van der Waals surface area contributed by atoms with E-state index in [1.54, 1.807) is 39.3 Å². The topological polar surface area (TPSA) is 71.1 Å². The molecule has 1 fully saturated rings. The smallest absolute Gasteiger partial charge is 0.319 e. The van der Waals surface area contributed by atoms with Crippen molar-refractivity contribution in [2.75, 3.05) is 41.4 Å². The molecule has 0 unspecified atom stereocenters. The molecule has 0 bridgehead atoms. The number of methoxy groups -OCH3 is 2. The van der Waals surface area contributed by atoms with Gasteiger partial charge >= 0.3 is 6.03 Å². The normalized spacial score (nSPS) is 16.6. The van der Waals surface area contributed by atoms with Crippen LogP contribution in [-0.4, -0.2) is 63.1 Å². The lowest BCUT2D eigenvalue weighted by Crippen LogP contribution is -2.45. The molecule has 1 aromatic rings. The minimum atomic E-state index is 0.0175. The van der Waals surface area contributed by atoms with Crippen LogP contribution in [0.3, 0.4) is 0 Å². The SMILES string of the molecule is COc1ccc(CNC(=O)CC[C@@H]2CCCN(C(=O)N(C)C)C2)c(OC)c1. The molecule has 1 atom stereocenters. The predicted molar refractivity (Wildman–Crippen MR) is 104 cm³/mol. The van der Waals surface area contributed by atoms with Gasteiger partial charge in [-0.1, -0.05) is 0 Å². The molecule has 7 heteroatoms. The van der Waals surface area contributed by atoms with E-state index in [1.807, 2.05) is 17.0 Å². The molecular weight excluding hydrogens is 346 g/mol. The van der Waals surface area contributed by atoms with Crippen molar-refractivity contribution in [2.24, 2.45) is 5.92 Å². The molecule has 1 aromatic carbocycles. The van der Waals surface area contributed by atoms with E-state index in [-0.39, 0.29) is 11.9 Å². The van der Waals surface area contributed by atoms with Crippen LogP contribution in [0.1, 0.15) is 31.2 Å². The summed E-state index contributed by atoms with van der Waals surface area (Å²) in [6, 6.07) is 5.60. The average Bonchev–Trinajstić information content (AvgIpc) is 2.70. The van der Waals surface area contributed by atoms with Crippen LogP contribution in [0.15, 0.2) is 18.2 Å². The van der Waals surface area contributed by atoms with Gasteiger partial charge in [0.15, 0.2) is 0 Å². The summed E-state index contributed by atoms with van der Waals surface area (Å²) < 4.78 is 10.5. The van der Waals surface area contributed by atoms with Gasteiger partial charge < -0.3 is 24.6 Å². The number of likely N-dealkylation sites (tertiary alicyclic amines) is 1. The Kier molecular flexibility index (Phi) is 7.76. The highest BCUT2D eigenvalue weighted by Gasteiger charge is 2.24. The lowest BCUT2D eigenvalue weighted by Gasteiger charge is -2.34. The average molecular weight is 377 g/mol. The number of hydrogen-bond donors (Lipinski definition) is 1. The first-order valence-corrected chi connectivity index (χ1v) is 9.38. The number of urea groups is 1. The van der Waals surface area contributed by atoms with Gasteiger partial charge in [0.2, 0.25) is 5.91 Å². The Morgan fingerprint density at radius 3 is 2.70 bits per heavy atom. The van der Waals surface area contributed by atoms with Crippen molar-refractivity contribution in [1.82, 2.24) is 15.1 Å². The summed E-state index contributed by atoms with van der Waals surface area (Å²) in [5, 5.41) is 2.95. The molecule has 0 radical (unpaired) electrons. The molecule has 0 saturated carbocycles. The van der Waals surface area contributed by atoms with Crippen molar-refractivity contribution in [2.45, 2.75) is 32.2 Å². The van der Waals surface area contributed by atoms with Gasteiger partial charge in [0.05, 0.1) is 14.2 Å². The monoisotopic (exact) mass is 377 g/mol. The third kappa shape index (κ3) is 6.05. The number of amides is 3. The molecule has 1 N–H and O–H groups in total. The lowest BCUT2D eigenvalue weighted by atomic mass is 9.93. The minimum Gasteiger partial charge on any atom is -0.497 e. The molecule has 1 aliphatic rings. The molecule has 7 nitrogen and oxygen atoms in total. The van der Waals surface area contributed by atoms with Gasteiger partial charge in [0.1, 0.15) is 11.5 Å². The zero-order valence-electron chi connectivity index (χ0n) is 16.8. The zero-order valence-corrected chi connectivity index (χ0v) is 16.8. The maximum Gasteiger partial charge on any atom is 0.319 e. The summed E-state index contributed by atoms with van der Waals surface area (Å²) in [4.78, 5) is 27.8. The molecule has 0 aliphatic carbocycles. The molecule has 27 heavy (non-hydrogen) atoms. The first-order chi connectivity index (χ1) is 12.9. The molecule has 1 saturated heterocycles. The maximum absolute atomic E-state index is 12.2. The van der Waals surface area contributed by atoms with Crippen molar-refractivity contribution >= 4 is 11.9 Å². The second-order valence-electron chi connectivity index (χ2n) is 7.12. The Balaban J connectivity index is 1.79. The molecule has 150 valence electrons. The standard InChI is InChI=1S/C20H31N3O4/c1-22(2)20(25)23-11-5-6-15(14-23)7-10-19(24)21-13-16-8-9-17(26-3)12-18(16)27-4/h8-9,12,15H,5-7,10-11,13-14H2,1-4H3,(H,21,24)/t15-/m0/s1. The van der Waals surface area contributed by atoms with E-state index in [0.717, 1.165) is 43.7 Å². The van der Waals surface area contributed by atoms with E-state index in [0.29, 0.717) is 24.6 Å². The van der Waals surface area contributed by atoms with E-state index in [4.69, 9.17) is 9.47 Å². The van der Waals surface area contributed by atoms with Gasteiger partial charge in [-0.3, -0.25) is 4.79 Å². The van der Waals surface area contributed by atoms with Crippen LogP contribution in [0.2, 0.25) is 0 Å². The van der Waals surface area contributed by atoms with Crippen molar-refractivity contribution in [1.29, 1.82) is 0 Å². The Hall–Kier alpha value is -2.44. The number of rotatable bonds is 7. The number of benzene rings is 1. The van der Waals surface area contributed by atoms with Crippen LogP contribution < -0.4 is 14.8 Å². The summed E-state index contributed by atoms with van der Waals surface area (Å²) in [6.45, 7) is 1.95. The van der Waals surface area contributed by atoms with E-state index in [2.05, 4.69) is 5.32 Å². The van der Waals surface area contributed by atoms with Gasteiger partial charge in [-0.25, -0.2) is 4.79 Å². The number of carbonyl (C=O) groups excluding carboxylic acids is 2. The summed E-state index contributed by atoms with van der Waals surface area (Å²) >= 11 is 0.